The Morgan fingerprint density at radius 2 is 2.04 bits per heavy atom. The average molecular weight is 312 g/mol. The van der Waals surface area contributed by atoms with Crippen LogP contribution in [-0.2, 0) is 0 Å². The van der Waals surface area contributed by atoms with Crippen LogP contribution in [0.15, 0.2) is 23.3 Å². The molecule has 0 saturated heterocycles. The quantitative estimate of drug-likeness (QED) is 0.854. The lowest BCUT2D eigenvalue weighted by atomic mass is 9.81. The van der Waals surface area contributed by atoms with Gasteiger partial charge in [0.1, 0.15) is 0 Å². The molecule has 1 heterocycles. The first-order valence-corrected chi connectivity index (χ1v) is 8.56. The van der Waals surface area contributed by atoms with Gasteiger partial charge in [-0.2, -0.15) is 5.10 Å². The Bertz CT molecular complexity index is 700. The molecular weight excluding hydrogens is 292 g/mol. The first-order valence-electron chi connectivity index (χ1n) is 8.56. The van der Waals surface area contributed by atoms with Crippen LogP contribution in [0.1, 0.15) is 42.5 Å². The first-order chi connectivity index (χ1) is 11.3. The summed E-state index contributed by atoms with van der Waals surface area (Å²) >= 11 is 0. The van der Waals surface area contributed by atoms with Gasteiger partial charge in [-0.1, -0.05) is 6.42 Å². The number of nitrogens with one attached hydrogen (secondary N) is 1. The molecule has 3 saturated carbocycles. The van der Waals surface area contributed by atoms with Crippen LogP contribution >= 0.6 is 0 Å². The van der Waals surface area contributed by atoms with Crippen molar-refractivity contribution in [2.75, 3.05) is 6.79 Å². The summed E-state index contributed by atoms with van der Waals surface area (Å²) in [6.07, 6.45) is 6.49. The number of carbonyl (C=O) groups excluding carboxylic acids is 1. The molecule has 1 aromatic rings. The van der Waals surface area contributed by atoms with Crippen molar-refractivity contribution in [3.8, 4) is 11.5 Å². The summed E-state index contributed by atoms with van der Waals surface area (Å²) in [5, 5.41) is 4.48. The van der Waals surface area contributed by atoms with Crippen LogP contribution in [0.4, 0.5) is 0 Å². The van der Waals surface area contributed by atoms with E-state index in [0.29, 0.717) is 23.0 Å². The van der Waals surface area contributed by atoms with Crippen LogP contribution in [0, 0.1) is 23.7 Å². The molecule has 5 heteroatoms. The van der Waals surface area contributed by atoms with E-state index in [-0.39, 0.29) is 12.7 Å². The molecule has 0 spiro atoms. The first kappa shape index (κ1) is 13.4. The molecule has 1 aromatic carbocycles. The molecule has 4 unspecified atom stereocenters. The standard InChI is InChI=1S/C18H20N2O3/c21-18(10-4-5-16-17(8-10)23-9-22-16)20-19-15-7-11-6-14(15)13-3-1-2-12(11)13/h4-5,8,11-14H,1-3,6-7,9H2,(H,20,21). The number of rotatable bonds is 2. The van der Waals surface area contributed by atoms with Crippen molar-refractivity contribution >= 4 is 11.6 Å². The van der Waals surface area contributed by atoms with E-state index in [4.69, 9.17) is 9.47 Å². The Kier molecular flexibility index (Phi) is 2.90. The molecule has 4 atom stereocenters. The third kappa shape index (κ3) is 2.06. The predicted octanol–water partition coefficient (Wildman–Crippen LogP) is 2.96. The molecular formula is C18H20N2O3. The smallest absolute Gasteiger partial charge is 0.271 e. The number of hydrogen-bond donors (Lipinski definition) is 1. The second-order valence-electron chi connectivity index (χ2n) is 7.18. The lowest BCUT2D eigenvalue weighted by Crippen LogP contribution is -2.27. The third-order valence-corrected chi connectivity index (χ3v) is 6.14. The SMILES string of the molecule is O=C(NN=C1CC2CC1C1CCCC21)c1ccc2c(c1)OCO2. The Balaban J connectivity index is 1.30. The van der Waals surface area contributed by atoms with E-state index >= 15 is 0 Å². The minimum absolute atomic E-state index is 0.179. The molecule has 1 aliphatic heterocycles. The van der Waals surface area contributed by atoms with Gasteiger partial charge in [0.15, 0.2) is 11.5 Å². The molecule has 3 fully saturated rings. The van der Waals surface area contributed by atoms with Crippen LogP contribution in [0.3, 0.4) is 0 Å². The maximum Gasteiger partial charge on any atom is 0.271 e. The second kappa shape index (κ2) is 4.98. The molecule has 0 aromatic heterocycles. The van der Waals surface area contributed by atoms with E-state index in [1.54, 1.807) is 18.2 Å². The van der Waals surface area contributed by atoms with Crippen LogP contribution < -0.4 is 14.9 Å². The van der Waals surface area contributed by atoms with Gasteiger partial charge < -0.3 is 9.47 Å². The Morgan fingerprint density at radius 1 is 1.17 bits per heavy atom. The van der Waals surface area contributed by atoms with Gasteiger partial charge in [-0.15, -0.1) is 0 Å². The van der Waals surface area contributed by atoms with Gasteiger partial charge in [-0.3, -0.25) is 4.79 Å². The van der Waals surface area contributed by atoms with Crippen molar-refractivity contribution in [2.24, 2.45) is 28.8 Å². The zero-order valence-corrected chi connectivity index (χ0v) is 13.0. The number of amides is 1. The number of carbonyl (C=O) groups is 1. The monoisotopic (exact) mass is 312 g/mol. The minimum atomic E-state index is -0.179. The van der Waals surface area contributed by atoms with Crippen molar-refractivity contribution in [3.63, 3.8) is 0 Å². The molecule has 0 radical (unpaired) electrons. The number of nitrogens with zero attached hydrogens (tertiary/aromatic N) is 1. The molecule has 2 bridgehead atoms. The van der Waals surface area contributed by atoms with E-state index in [1.165, 1.54) is 31.4 Å². The van der Waals surface area contributed by atoms with Crippen molar-refractivity contribution in [2.45, 2.75) is 32.1 Å². The van der Waals surface area contributed by atoms with Crippen molar-refractivity contribution in [3.05, 3.63) is 23.8 Å². The molecule has 4 aliphatic rings. The van der Waals surface area contributed by atoms with Gasteiger partial charge in [-0.25, -0.2) is 5.43 Å². The summed E-state index contributed by atoms with van der Waals surface area (Å²) in [7, 11) is 0. The fourth-order valence-corrected chi connectivity index (χ4v) is 5.17. The summed E-state index contributed by atoms with van der Waals surface area (Å²) in [5.41, 5.74) is 4.52. The Hall–Kier alpha value is -2.04. The molecule has 120 valence electrons. The van der Waals surface area contributed by atoms with Crippen molar-refractivity contribution in [1.82, 2.24) is 5.43 Å². The fourth-order valence-electron chi connectivity index (χ4n) is 5.17. The van der Waals surface area contributed by atoms with Crippen molar-refractivity contribution < 1.29 is 14.3 Å². The highest BCUT2D eigenvalue weighted by Gasteiger charge is 2.52. The van der Waals surface area contributed by atoms with Crippen LogP contribution in [0.5, 0.6) is 11.5 Å². The van der Waals surface area contributed by atoms with E-state index in [2.05, 4.69) is 10.5 Å². The number of hydrogen-bond acceptors (Lipinski definition) is 4. The number of hydrazone groups is 1. The summed E-state index contributed by atoms with van der Waals surface area (Å²) in [6.45, 7) is 0.217. The molecule has 5 nitrogen and oxygen atoms in total. The van der Waals surface area contributed by atoms with E-state index in [1.807, 2.05) is 0 Å². The van der Waals surface area contributed by atoms with Gasteiger partial charge in [-0.05, 0) is 61.6 Å². The summed E-state index contributed by atoms with van der Waals surface area (Å²) < 4.78 is 10.6. The largest absolute Gasteiger partial charge is 0.454 e. The lowest BCUT2D eigenvalue weighted by molar-refractivity contribution is 0.0954. The highest BCUT2D eigenvalue weighted by molar-refractivity contribution is 5.97. The zero-order valence-electron chi connectivity index (χ0n) is 13.0. The minimum Gasteiger partial charge on any atom is -0.454 e. The van der Waals surface area contributed by atoms with Crippen LogP contribution in [-0.4, -0.2) is 18.4 Å². The van der Waals surface area contributed by atoms with Crippen LogP contribution in [0.25, 0.3) is 0 Å². The normalized spacial score (nSPS) is 34.9. The Labute approximate surface area is 135 Å². The molecule has 3 aliphatic carbocycles. The van der Waals surface area contributed by atoms with E-state index in [9.17, 15) is 4.79 Å². The molecule has 1 amide bonds. The van der Waals surface area contributed by atoms with Gasteiger partial charge >= 0.3 is 0 Å². The fraction of sp³-hybridized carbons (Fsp3) is 0.556. The van der Waals surface area contributed by atoms with E-state index in [0.717, 1.165) is 24.2 Å². The highest BCUT2D eigenvalue weighted by atomic mass is 16.7. The van der Waals surface area contributed by atoms with Crippen molar-refractivity contribution in [1.29, 1.82) is 0 Å². The maximum absolute atomic E-state index is 12.3. The third-order valence-electron chi connectivity index (χ3n) is 6.14. The molecule has 23 heavy (non-hydrogen) atoms. The van der Waals surface area contributed by atoms with Crippen LogP contribution in [0.2, 0.25) is 0 Å². The zero-order chi connectivity index (χ0) is 15.4. The lowest BCUT2D eigenvalue weighted by Gasteiger charge is -2.25. The second-order valence-corrected chi connectivity index (χ2v) is 7.18. The summed E-state index contributed by atoms with van der Waals surface area (Å²) in [4.78, 5) is 12.3. The summed E-state index contributed by atoms with van der Waals surface area (Å²) in [5.74, 6) is 4.32. The topological polar surface area (TPSA) is 59.9 Å². The van der Waals surface area contributed by atoms with Gasteiger partial charge in [0, 0.05) is 17.2 Å². The Morgan fingerprint density at radius 3 is 3.00 bits per heavy atom. The summed E-state index contributed by atoms with van der Waals surface area (Å²) in [6, 6.07) is 5.23. The average Bonchev–Trinajstić information content (AvgIpc) is 3.32. The highest BCUT2D eigenvalue weighted by Crippen LogP contribution is 2.57. The molecule has 5 rings (SSSR count). The van der Waals surface area contributed by atoms with Gasteiger partial charge in [0.25, 0.3) is 5.91 Å². The molecule has 1 N–H and O–H groups in total. The number of ether oxygens (including phenoxy) is 2. The van der Waals surface area contributed by atoms with E-state index < -0.39 is 0 Å². The predicted molar refractivity (Wildman–Crippen MR) is 84.5 cm³/mol. The van der Waals surface area contributed by atoms with Gasteiger partial charge in [0.05, 0.1) is 0 Å². The maximum atomic E-state index is 12.3. The van der Waals surface area contributed by atoms with Gasteiger partial charge in [0.2, 0.25) is 6.79 Å². The number of fused-ring (bicyclic) bond motifs is 6. The number of benzene rings is 1.